The highest BCUT2D eigenvalue weighted by atomic mass is 35.5. The quantitative estimate of drug-likeness (QED) is 0.827. The number of benzene rings is 2. The fourth-order valence-electron chi connectivity index (χ4n) is 1.49. The Bertz CT molecular complexity index is 624. The molecule has 0 atom stereocenters. The van der Waals surface area contributed by atoms with Crippen molar-refractivity contribution >= 4 is 29.0 Å². The molecule has 0 aliphatic heterocycles. The lowest BCUT2D eigenvalue weighted by molar-refractivity contribution is 0.103. The molecule has 2 rings (SSSR count). The van der Waals surface area contributed by atoms with Crippen LogP contribution >= 0.6 is 23.2 Å². The van der Waals surface area contributed by atoms with E-state index in [1.54, 1.807) is 0 Å². The van der Waals surface area contributed by atoms with E-state index in [-0.39, 0.29) is 32.9 Å². The van der Waals surface area contributed by atoms with Crippen molar-refractivity contribution in [2.75, 3.05) is 0 Å². The van der Waals surface area contributed by atoms with Gasteiger partial charge in [-0.25, -0.2) is 0 Å². The molecule has 0 heterocycles. The third-order valence-corrected chi connectivity index (χ3v) is 3.02. The molecule has 2 aromatic rings. The lowest BCUT2D eigenvalue weighted by Crippen LogP contribution is -2.01. The number of phenols is 2. The van der Waals surface area contributed by atoms with Crippen molar-refractivity contribution < 1.29 is 15.0 Å². The van der Waals surface area contributed by atoms with E-state index in [0.717, 1.165) is 0 Å². The first kappa shape index (κ1) is 12.7. The molecular weight excluding hydrogens is 275 g/mol. The van der Waals surface area contributed by atoms with Gasteiger partial charge in [0, 0.05) is 11.1 Å². The first-order valence-electron chi connectivity index (χ1n) is 5.01. The minimum absolute atomic E-state index is 0.0136. The highest BCUT2D eigenvalue weighted by molar-refractivity contribution is 6.35. The maximum absolute atomic E-state index is 12.1. The van der Waals surface area contributed by atoms with Crippen LogP contribution < -0.4 is 0 Å². The number of carbonyl (C=O) groups is 1. The molecule has 0 aliphatic rings. The summed E-state index contributed by atoms with van der Waals surface area (Å²) in [6.45, 7) is 0. The summed E-state index contributed by atoms with van der Waals surface area (Å²) < 4.78 is 0. The van der Waals surface area contributed by atoms with E-state index in [2.05, 4.69) is 0 Å². The van der Waals surface area contributed by atoms with Gasteiger partial charge in [0.1, 0.15) is 11.5 Å². The lowest BCUT2D eigenvalue weighted by atomic mass is 10.0. The van der Waals surface area contributed by atoms with Crippen LogP contribution in [0, 0.1) is 0 Å². The zero-order valence-electron chi connectivity index (χ0n) is 9.02. The molecule has 0 unspecified atom stereocenters. The van der Waals surface area contributed by atoms with Crippen LogP contribution in [0.15, 0.2) is 36.4 Å². The number of hydrogen-bond acceptors (Lipinski definition) is 3. The number of carbonyl (C=O) groups excluding carboxylic acids is 1. The van der Waals surface area contributed by atoms with E-state index < -0.39 is 0 Å². The van der Waals surface area contributed by atoms with Crippen molar-refractivity contribution in [2.24, 2.45) is 0 Å². The molecule has 0 aliphatic carbocycles. The number of halogens is 2. The summed E-state index contributed by atoms with van der Waals surface area (Å²) in [7, 11) is 0. The molecule has 2 N–H and O–H groups in total. The SMILES string of the molecule is O=C(c1ccc(O)c(Cl)c1)c1ccc(O)cc1Cl. The number of ketones is 1. The van der Waals surface area contributed by atoms with Crippen molar-refractivity contribution in [1.29, 1.82) is 0 Å². The molecule has 0 fully saturated rings. The Morgan fingerprint density at radius 1 is 0.944 bits per heavy atom. The van der Waals surface area contributed by atoms with Gasteiger partial charge in [-0.1, -0.05) is 23.2 Å². The van der Waals surface area contributed by atoms with Gasteiger partial charge in [-0.3, -0.25) is 4.79 Å². The van der Waals surface area contributed by atoms with Gasteiger partial charge in [-0.2, -0.15) is 0 Å². The number of hydrogen-bond donors (Lipinski definition) is 2. The topological polar surface area (TPSA) is 57.5 Å². The van der Waals surface area contributed by atoms with Crippen molar-refractivity contribution in [1.82, 2.24) is 0 Å². The van der Waals surface area contributed by atoms with Crippen LogP contribution in [0.2, 0.25) is 10.0 Å². The Kier molecular flexibility index (Phi) is 3.45. The monoisotopic (exact) mass is 282 g/mol. The minimum atomic E-state index is -0.332. The maximum atomic E-state index is 12.1. The number of aromatic hydroxyl groups is 2. The van der Waals surface area contributed by atoms with Gasteiger partial charge < -0.3 is 10.2 Å². The molecule has 18 heavy (non-hydrogen) atoms. The highest BCUT2D eigenvalue weighted by Gasteiger charge is 2.14. The first-order chi connectivity index (χ1) is 8.49. The van der Waals surface area contributed by atoms with E-state index in [4.69, 9.17) is 23.2 Å². The minimum Gasteiger partial charge on any atom is -0.508 e. The molecule has 0 amide bonds. The molecule has 0 radical (unpaired) electrons. The average molecular weight is 283 g/mol. The van der Waals surface area contributed by atoms with Gasteiger partial charge >= 0.3 is 0 Å². The van der Waals surface area contributed by atoms with E-state index >= 15 is 0 Å². The zero-order chi connectivity index (χ0) is 13.3. The van der Waals surface area contributed by atoms with Gasteiger partial charge in [0.15, 0.2) is 5.78 Å². The molecule has 0 saturated carbocycles. The Labute approximate surface area is 113 Å². The van der Waals surface area contributed by atoms with Gasteiger partial charge in [-0.15, -0.1) is 0 Å². The average Bonchev–Trinajstić information content (AvgIpc) is 2.32. The van der Waals surface area contributed by atoms with Crippen LogP contribution in [0.1, 0.15) is 15.9 Å². The summed E-state index contributed by atoms with van der Waals surface area (Å²) >= 11 is 11.6. The van der Waals surface area contributed by atoms with Gasteiger partial charge in [-0.05, 0) is 36.4 Å². The third kappa shape index (κ3) is 2.42. The van der Waals surface area contributed by atoms with E-state index in [0.29, 0.717) is 5.56 Å². The third-order valence-electron chi connectivity index (χ3n) is 2.41. The van der Waals surface area contributed by atoms with Crippen LogP contribution in [0.5, 0.6) is 11.5 Å². The van der Waals surface area contributed by atoms with Crippen LogP contribution in [0.4, 0.5) is 0 Å². The predicted molar refractivity (Wildman–Crippen MR) is 69.7 cm³/mol. The summed E-state index contributed by atoms with van der Waals surface area (Å²) in [5.41, 5.74) is 0.571. The Morgan fingerprint density at radius 2 is 1.67 bits per heavy atom. The molecule has 0 spiro atoms. The fourth-order valence-corrected chi connectivity index (χ4v) is 1.93. The van der Waals surface area contributed by atoms with Gasteiger partial charge in [0.25, 0.3) is 0 Å². The maximum Gasteiger partial charge on any atom is 0.194 e. The molecule has 5 heteroatoms. The summed E-state index contributed by atoms with van der Waals surface area (Å²) in [4.78, 5) is 12.1. The Hall–Kier alpha value is -1.71. The second-order valence-electron chi connectivity index (χ2n) is 3.66. The zero-order valence-corrected chi connectivity index (χ0v) is 10.5. The largest absolute Gasteiger partial charge is 0.508 e. The van der Waals surface area contributed by atoms with Crippen LogP contribution in [-0.4, -0.2) is 16.0 Å². The number of rotatable bonds is 2. The van der Waals surface area contributed by atoms with Crippen molar-refractivity contribution in [3.05, 3.63) is 57.6 Å². The Morgan fingerprint density at radius 3 is 2.28 bits per heavy atom. The first-order valence-corrected chi connectivity index (χ1v) is 5.76. The van der Waals surface area contributed by atoms with E-state index in [1.807, 2.05) is 0 Å². The van der Waals surface area contributed by atoms with Crippen molar-refractivity contribution in [2.45, 2.75) is 0 Å². The molecule has 0 bridgehead atoms. The Balaban J connectivity index is 2.44. The summed E-state index contributed by atoms with van der Waals surface area (Å²) in [5, 5.41) is 18.8. The smallest absolute Gasteiger partial charge is 0.194 e. The van der Waals surface area contributed by atoms with Crippen LogP contribution in [0.3, 0.4) is 0 Å². The lowest BCUT2D eigenvalue weighted by Gasteiger charge is -2.05. The van der Waals surface area contributed by atoms with Crippen LogP contribution in [-0.2, 0) is 0 Å². The molecular formula is C13H8Cl2O3. The van der Waals surface area contributed by atoms with Crippen molar-refractivity contribution in [3.8, 4) is 11.5 Å². The molecule has 0 saturated heterocycles. The standard InChI is InChI=1S/C13H8Cl2O3/c14-10-6-8(16)2-3-9(10)13(18)7-1-4-12(17)11(15)5-7/h1-6,16-17H. The van der Waals surface area contributed by atoms with Gasteiger partial charge in [0.05, 0.1) is 10.0 Å². The molecule has 92 valence electrons. The predicted octanol–water partition coefficient (Wildman–Crippen LogP) is 3.64. The summed E-state index contributed by atoms with van der Waals surface area (Å²) in [5.74, 6) is -0.438. The normalized spacial score (nSPS) is 10.3. The second kappa shape index (κ2) is 4.88. The molecule has 3 nitrogen and oxygen atoms in total. The summed E-state index contributed by atoms with van der Waals surface area (Å²) in [6, 6.07) is 8.25. The highest BCUT2D eigenvalue weighted by Crippen LogP contribution is 2.28. The van der Waals surface area contributed by atoms with E-state index in [9.17, 15) is 15.0 Å². The fraction of sp³-hybridized carbons (Fsp3) is 0. The van der Waals surface area contributed by atoms with Crippen LogP contribution in [0.25, 0.3) is 0 Å². The van der Waals surface area contributed by atoms with Gasteiger partial charge in [0.2, 0.25) is 0 Å². The molecule has 0 aromatic heterocycles. The summed E-state index contributed by atoms with van der Waals surface area (Å²) in [6.07, 6.45) is 0. The van der Waals surface area contributed by atoms with Crippen molar-refractivity contribution in [3.63, 3.8) is 0 Å². The number of phenolic OH excluding ortho intramolecular Hbond substituents is 2. The van der Waals surface area contributed by atoms with E-state index in [1.165, 1.54) is 36.4 Å². The second-order valence-corrected chi connectivity index (χ2v) is 4.47. The molecule has 2 aromatic carbocycles.